The highest BCUT2D eigenvalue weighted by atomic mass is 127. The summed E-state index contributed by atoms with van der Waals surface area (Å²) in [5, 5.41) is 4.17. The maximum atomic E-state index is 5.99. The molecular weight excluding hydrogens is 373 g/mol. The summed E-state index contributed by atoms with van der Waals surface area (Å²) in [6.45, 7) is 5.20. The van der Waals surface area contributed by atoms with Crippen LogP contribution in [0.15, 0.2) is 34.7 Å². The predicted octanol–water partition coefficient (Wildman–Crippen LogP) is 5.27. The SMILES string of the molecule is CCNC(CC)c1ccc(-c2ccc(Cl)cc2I)o1. The number of halogens is 2. The molecule has 0 bridgehead atoms. The van der Waals surface area contributed by atoms with Gasteiger partial charge in [-0.15, -0.1) is 0 Å². The average Bonchev–Trinajstić information content (AvgIpc) is 2.85. The summed E-state index contributed by atoms with van der Waals surface area (Å²) < 4.78 is 7.09. The fraction of sp³-hybridized carbons (Fsp3) is 0.333. The number of hydrogen-bond acceptors (Lipinski definition) is 2. The average molecular weight is 390 g/mol. The number of hydrogen-bond donors (Lipinski definition) is 1. The van der Waals surface area contributed by atoms with Crippen molar-refractivity contribution in [3.8, 4) is 11.3 Å². The molecule has 1 heterocycles. The van der Waals surface area contributed by atoms with Crippen LogP contribution in [-0.2, 0) is 0 Å². The van der Waals surface area contributed by atoms with E-state index in [9.17, 15) is 0 Å². The maximum Gasteiger partial charge on any atom is 0.135 e. The van der Waals surface area contributed by atoms with Crippen molar-refractivity contribution in [2.75, 3.05) is 6.54 Å². The van der Waals surface area contributed by atoms with E-state index in [-0.39, 0.29) is 6.04 Å². The normalized spacial score (nSPS) is 12.6. The van der Waals surface area contributed by atoms with Crippen LogP contribution in [0, 0.1) is 3.57 Å². The monoisotopic (exact) mass is 389 g/mol. The first-order valence-corrected chi connectivity index (χ1v) is 7.90. The fourth-order valence-corrected chi connectivity index (χ4v) is 3.20. The molecule has 1 atom stereocenters. The van der Waals surface area contributed by atoms with Crippen molar-refractivity contribution in [2.45, 2.75) is 26.3 Å². The molecule has 2 aromatic rings. The Morgan fingerprint density at radius 1 is 1.26 bits per heavy atom. The van der Waals surface area contributed by atoms with Gasteiger partial charge in [0.2, 0.25) is 0 Å². The van der Waals surface area contributed by atoms with Crippen LogP contribution in [0.4, 0.5) is 0 Å². The number of nitrogens with one attached hydrogen (secondary N) is 1. The minimum absolute atomic E-state index is 0.281. The Morgan fingerprint density at radius 2 is 2.05 bits per heavy atom. The molecule has 0 aliphatic rings. The molecule has 0 saturated heterocycles. The van der Waals surface area contributed by atoms with Crippen molar-refractivity contribution >= 4 is 34.2 Å². The zero-order valence-electron chi connectivity index (χ0n) is 11.0. The van der Waals surface area contributed by atoms with Gasteiger partial charge in [0, 0.05) is 14.2 Å². The molecule has 2 nitrogen and oxygen atoms in total. The second-order valence-corrected chi connectivity index (χ2v) is 5.94. The third kappa shape index (κ3) is 3.52. The second kappa shape index (κ2) is 6.77. The summed E-state index contributed by atoms with van der Waals surface area (Å²) >= 11 is 8.26. The van der Waals surface area contributed by atoms with Gasteiger partial charge < -0.3 is 9.73 Å². The Hall–Kier alpha value is -0.520. The van der Waals surface area contributed by atoms with Gasteiger partial charge in [-0.3, -0.25) is 0 Å². The highest BCUT2D eigenvalue weighted by Gasteiger charge is 2.14. The lowest BCUT2D eigenvalue weighted by atomic mass is 10.1. The van der Waals surface area contributed by atoms with Crippen LogP contribution in [0.25, 0.3) is 11.3 Å². The van der Waals surface area contributed by atoms with E-state index in [1.54, 1.807) is 0 Å². The summed E-state index contributed by atoms with van der Waals surface area (Å²) in [6, 6.07) is 10.2. The van der Waals surface area contributed by atoms with E-state index in [1.807, 2.05) is 24.3 Å². The molecule has 1 aromatic carbocycles. The Bertz CT molecular complexity index is 553. The molecule has 0 spiro atoms. The Kier molecular flexibility index (Phi) is 5.30. The van der Waals surface area contributed by atoms with E-state index in [1.165, 1.54) is 0 Å². The highest BCUT2D eigenvalue weighted by Crippen LogP contribution is 2.31. The van der Waals surface area contributed by atoms with Gasteiger partial charge in [-0.05, 0) is 65.9 Å². The Labute approximate surface area is 132 Å². The molecule has 4 heteroatoms. The molecule has 2 rings (SSSR count). The first kappa shape index (κ1) is 14.9. The van der Waals surface area contributed by atoms with Gasteiger partial charge in [-0.25, -0.2) is 0 Å². The highest BCUT2D eigenvalue weighted by molar-refractivity contribution is 14.1. The van der Waals surface area contributed by atoms with Crippen molar-refractivity contribution in [3.63, 3.8) is 0 Å². The van der Waals surface area contributed by atoms with E-state index < -0.39 is 0 Å². The van der Waals surface area contributed by atoms with E-state index in [2.05, 4.69) is 47.8 Å². The van der Waals surface area contributed by atoms with Gasteiger partial charge >= 0.3 is 0 Å². The summed E-state index contributed by atoms with van der Waals surface area (Å²) in [4.78, 5) is 0. The number of furan rings is 1. The molecule has 19 heavy (non-hydrogen) atoms. The molecule has 0 aliphatic heterocycles. The minimum Gasteiger partial charge on any atom is -0.459 e. The lowest BCUT2D eigenvalue weighted by Crippen LogP contribution is -2.19. The standard InChI is InChI=1S/C15H17ClINO/c1-3-13(18-4-2)15-8-7-14(19-15)11-6-5-10(16)9-12(11)17/h5-9,13,18H,3-4H2,1-2H3. The lowest BCUT2D eigenvalue weighted by Gasteiger charge is -2.12. The zero-order chi connectivity index (χ0) is 13.8. The van der Waals surface area contributed by atoms with Crippen LogP contribution >= 0.6 is 34.2 Å². The largest absolute Gasteiger partial charge is 0.459 e. The van der Waals surface area contributed by atoms with Gasteiger partial charge in [-0.2, -0.15) is 0 Å². The van der Waals surface area contributed by atoms with E-state index >= 15 is 0 Å². The third-order valence-corrected chi connectivity index (χ3v) is 4.15. The Balaban J connectivity index is 2.29. The second-order valence-electron chi connectivity index (χ2n) is 4.34. The molecule has 0 aliphatic carbocycles. The Morgan fingerprint density at radius 3 is 2.68 bits per heavy atom. The van der Waals surface area contributed by atoms with Gasteiger partial charge in [0.25, 0.3) is 0 Å². The lowest BCUT2D eigenvalue weighted by molar-refractivity contribution is 0.417. The van der Waals surface area contributed by atoms with Crippen LogP contribution in [0.2, 0.25) is 5.02 Å². The molecule has 1 unspecified atom stereocenters. The van der Waals surface area contributed by atoms with Gasteiger partial charge in [0.1, 0.15) is 11.5 Å². The quantitative estimate of drug-likeness (QED) is 0.705. The molecule has 0 radical (unpaired) electrons. The smallest absolute Gasteiger partial charge is 0.135 e. The summed E-state index contributed by atoms with van der Waals surface area (Å²) in [7, 11) is 0. The van der Waals surface area contributed by atoms with Crippen molar-refractivity contribution in [1.82, 2.24) is 5.32 Å². The van der Waals surface area contributed by atoms with Gasteiger partial charge in [-0.1, -0.05) is 25.4 Å². The van der Waals surface area contributed by atoms with Crippen molar-refractivity contribution in [1.29, 1.82) is 0 Å². The van der Waals surface area contributed by atoms with Crippen molar-refractivity contribution in [3.05, 3.63) is 44.7 Å². The van der Waals surface area contributed by atoms with Crippen molar-refractivity contribution in [2.24, 2.45) is 0 Å². The van der Waals surface area contributed by atoms with E-state index in [0.717, 1.165) is 38.6 Å². The minimum atomic E-state index is 0.281. The van der Waals surface area contributed by atoms with Crippen LogP contribution in [0.3, 0.4) is 0 Å². The van der Waals surface area contributed by atoms with Crippen molar-refractivity contribution < 1.29 is 4.42 Å². The summed E-state index contributed by atoms with van der Waals surface area (Å²) in [5.41, 5.74) is 1.09. The number of benzene rings is 1. The zero-order valence-corrected chi connectivity index (χ0v) is 14.0. The van der Waals surface area contributed by atoms with Crippen LogP contribution < -0.4 is 5.32 Å². The molecule has 1 N–H and O–H groups in total. The van der Waals surface area contributed by atoms with Gasteiger partial charge in [0.05, 0.1) is 6.04 Å². The number of rotatable bonds is 5. The first-order chi connectivity index (χ1) is 9.15. The summed E-state index contributed by atoms with van der Waals surface area (Å²) in [5.74, 6) is 1.89. The first-order valence-electron chi connectivity index (χ1n) is 6.44. The van der Waals surface area contributed by atoms with Crippen LogP contribution in [-0.4, -0.2) is 6.54 Å². The molecular formula is C15H17ClINO. The third-order valence-electron chi connectivity index (χ3n) is 3.03. The molecule has 0 saturated carbocycles. The summed E-state index contributed by atoms with van der Waals surface area (Å²) in [6.07, 6.45) is 1.01. The molecule has 0 amide bonds. The van der Waals surface area contributed by atoms with Crippen LogP contribution in [0.1, 0.15) is 32.1 Å². The van der Waals surface area contributed by atoms with Gasteiger partial charge in [0.15, 0.2) is 0 Å². The molecule has 0 fully saturated rings. The molecule has 1 aromatic heterocycles. The van der Waals surface area contributed by atoms with E-state index in [0.29, 0.717) is 0 Å². The molecule has 102 valence electrons. The maximum absolute atomic E-state index is 5.99. The predicted molar refractivity (Wildman–Crippen MR) is 88.6 cm³/mol. The fourth-order valence-electron chi connectivity index (χ4n) is 2.07. The van der Waals surface area contributed by atoms with Crippen LogP contribution in [0.5, 0.6) is 0 Å². The topological polar surface area (TPSA) is 25.2 Å². The van der Waals surface area contributed by atoms with E-state index in [4.69, 9.17) is 16.0 Å².